The number of aromatic nitrogens is 1. The summed E-state index contributed by atoms with van der Waals surface area (Å²) in [5.74, 6) is -0.708. The average Bonchev–Trinajstić information content (AvgIpc) is 3.46. The third-order valence-corrected chi connectivity index (χ3v) is 7.41. The molecule has 2 heterocycles. The molecule has 0 N–H and O–H groups in total. The van der Waals surface area contributed by atoms with E-state index in [1.807, 2.05) is 79.7 Å². The number of amides is 1. The van der Waals surface area contributed by atoms with E-state index in [0.29, 0.717) is 17.0 Å². The second-order valence-electron chi connectivity index (χ2n) is 9.57. The highest BCUT2D eigenvalue weighted by Crippen LogP contribution is 2.38. The monoisotopic (exact) mass is 508 g/mol. The molecule has 0 spiro atoms. The zero-order chi connectivity index (χ0) is 25.5. The first-order valence-electron chi connectivity index (χ1n) is 12.4. The summed E-state index contributed by atoms with van der Waals surface area (Å²) in [5.41, 5.74) is 7.03. The molecular formula is C31H25ClN2O3. The molecule has 1 aliphatic carbocycles. The molecule has 1 aliphatic heterocycles. The van der Waals surface area contributed by atoms with Gasteiger partial charge in [-0.1, -0.05) is 60.1 Å². The van der Waals surface area contributed by atoms with Gasteiger partial charge in [0.15, 0.2) is 6.61 Å². The van der Waals surface area contributed by atoms with E-state index in [4.69, 9.17) is 21.3 Å². The van der Waals surface area contributed by atoms with Crippen molar-refractivity contribution in [3.63, 3.8) is 0 Å². The highest BCUT2D eigenvalue weighted by atomic mass is 35.5. The number of para-hydroxylation sites is 2. The van der Waals surface area contributed by atoms with Crippen molar-refractivity contribution in [3.05, 3.63) is 106 Å². The number of fused-ring (bicyclic) bond motifs is 3. The Morgan fingerprint density at radius 3 is 2.62 bits per heavy atom. The van der Waals surface area contributed by atoms with Crippen LogP contribution < -0.4 is 4.90 Å². The van der Waals surface area contributed by atoms with Crippen LogP contribution in [0.15, 0.2) is 72.8 Å². The Balaban J connectivity index is 1.31. The summed E-state index contributed by atoms with van der Waals surface area (Å²) in [4.78, 5) is 33.3. The van der Waals surface area contributed by atoms with Gasteiger partial charge >= 0.3 is 5.97 Å². The Morgan fingerprint density at radius 1 is 1.03 bits per heavy atom. The molecule has 37 heavy (non-hydrogen) atoms. The van der Waals surface area contributed by atoms with Crippen molar-refractivity contribution in [2.24, 2.45) is 0 Å². The molecule has 0 fully saturated rings. The van der Waals surface area contributed by atoms with Crippen molar-refractivity contribution in [2.45, 2.75) is 32.2 Å². The van der Waals surface area contributed by atoms with Gasteiger partial charge in [0.25, 0.3) is 5.91 Å². The zero-order valence-corrected chi connectivity index (χ0v) is 21.2. The number of allylic oxidation sites excluding steroid dienone is 1. The first-order chi connectivity index (χ1) is 18.0. The summed E-state index contributed by atoms with van der Waals surface area (Å²) >= 11 is 6.05. The molecule has 0 bridgehead atoms. The van der Waals surface area contributed by atoms with E-state index in [9.17, 15) is 9.59 Å². The summed E-state index contributed by atoms with van der Waals surface area (Å²) in [6.07, 6.45) is 4.33. The van der Waals surface area contributed by atoms with Gasteiger partial charge in [-0.15, -0.1) is 0 Å². The SMILES string of the molecule is CC1Cc2ccccc2N1C(=O)COC(=O)c1c2c(nc3ccccc13)/C(=C/c1ccc(Cl)cc1)CC2. The third-order valence-electron chi connectivity index (χ3n) is 7.16. The van der Waals surface area contributed by atoms with Gasteiger partial charge in [-0.25, -0.2) is 9.78 Å². The Hall–Kier alpha value is -3.96. The number of benzene rings is 3. The minimum atomic E-state index is -0.490. The van der Waals surface area contributed by atoms with E-state index in [1.165, 1.54) is 0 Å². The maximum Gasteiger partial charge on any atom is 0.339 e. The van der Waals surface area contributed by atoms with Crippen LogP contribution in [-0.2, 0) is 22.4 Å². The van der Waals surface area contributed by atoms with Crippen LogP contribution in [0.3, 0.4) is 0 Å². The van der Waals surface area contributed by atoms with Crippen LogP contribution in [0.4, 0.5) is 5.69 Å². The highest BCUT2D eigenvalue weighted by molar-refractivity contribution is 6.30. The van der Waals surface area contributed by atoms with Crippen molar-refractivity contribution in [3.8, 4) is 0 Å². The molecule has 5 nitrogen and oxygen atoms in total. The Labute approximate surface area is 220 Å². The maximum atomic E-state index is 13.5. The summed E-state index contributed by atoms with van der Waals surface area (Å²) < 4.78 is 5.67. The van der Waals surface area contributed by atoms with Gasteiger partial charge in [-0.05, 0) is 78.8 Å². The number of rotatable bonds is 4. The van der Waals surface area contributed by atoms with Crippen molar-refractivity contribution < 1.29 is 14.3 Å². The Morgan fingerprint density at radius 2 is 1.78 bits per heavy atom. The number of pyridine rings is 1. The number of carbonyl (C=O) groups excluding carboxylic acids is 2. The van der Waals surface area contributed by atoms with E-state index in [0.717, 1.165) is 57.4 Å². The van der Waals surface area contributed by atoms with Gasteiger partial charge in [0.2, 0.25) is 0 Å². The fourth-order valence-electron chi connectivity index (χ4n) is 5.49. The van der Waals surface area contributed by atoms with Crippen molar-refractivity contribution in [2.75, 3.05) is 11.5 Å². The second kappa shape index (κ2) is 9.49. The topological polar surface area (TPSA) is 59.5 Å². The maximum absolute atomic E-state index is 13.5. The minimum Gasteiger partial charge on any atom is -0.452 e. The van der Waals surface area contributed by atoms with Gasteiger partial charge in [-0.2, -0.15) is 0 Å². The lowest BCUT2D eigenvalue weighted by atomic mass is 10.0. The van der Waals surface area contributed by atoms with Crippen LogP contribution in [0.1, 0.15) is 46.1 Å². The predicted octanol–water partition coefficient (Wildman–Crippen LogP) is 6.51. The Bertz CT molecular complexity index is 1580. The smallest absolute Gasteiger partial charge is 0.339 e. The molecular weight excluding hydrogens is 484 g/mol. The van der Waals surface area contributed by atoms with Gasteiger partial charge in [0, 0.05) is 22.1 Å². The lowest BCUT2D eigenvalue weighted by molar-refractivity contribution is -0.122. The molecule has 6 heteroatoms. The number of hydrogen-bond donors (Lipinski definition) is 0. The van der Waals surface area contributed by atoms with Crippen LogP contribution in [0.5, 0.6) is 0 Å². The number of ether oxygens (including phenoxy) is 1. The molecule has 6 rings (SSSR count). The molecule has 0 radical (unpaired) electrons. The number of carbonyl (C=O) groups is 2. The molecule has 3 aromatic carbocycles. The largest absolute Gasteiger partial charge is 0.452 e. The van der Waals surface area contributed by atoms with E-state index < -0.39 is 5.97 Å². The molecule has 0 saturated heterocycles. The fourth-order valence-corrected chi connectivity index (χ4v) is 5.61. The summed E-state index contributed by atoms with van der Waals surface area (Å²) in [6.45, 7) is 1.70. The summed E-state index contributed by atoms with van der Waals surface area (Å²) in [5, 5.41) is 1.43. The second-order valence-corrected chi connectivity index (χ2v) is 10.0. The number of anilines is 1. The number of esters is 1. The number of hydrogen-bond acceptors (Lipinski definition) is 4. The highest BCUT2D eigenvalue weighted by Gasteiger charge is 2.32. The molecule has 1 atom stereocenters. The molecule has 4 aromatic rings. The molecule has 0 saturated carbocycles. The van der Waals surface area contributed by atoms with Crippen molar-refractivity contribution in [1.82, 2.24) is 4.98 Å². The van der Waals surface area contributed by atoms with Crippen LogP contribution in [-0.4, -0.2) is 29.5 Å². The van der Waals surface area contributed by atoms with Gasteiger partial charge in [-0.3, -0.25) is 4.79 Å². The van der Waals surface area contributed by atoms with Crippen LogP contribution in [0.25, 0.3) is 22.6 Å². The van der Waals surface area contributed by atoms with Crippen molar-refractivity contribution in [1.29, 1.82) is 0 Å². The summed E-state index contributed by atoms with van der Waals surface area (Å²) in [6, 6.07) is 23.1. The first-order valence-corrected chi connectivity index (χ1v) is 12.8. The van der Waals surface area contributed by atoms with Gasteiger partial charge < -0.3 is 9.64 Å². The molecule has 184 valence electrons. The average molecular weight is 509 g/mol. The number of nitrogens with zero attached hydrogens (tertiary/aromatic N) is 2. The van der Waals surface area contributed by atoms with E-state index in [2.05, 4.69) is 6.08 Å². The lowest BCUT2D eigenvalue weighted by Gasteiger charge is -2.22. The fraction of sp³-hybridized carbons (Fsp3) is 0.194. The lowest BCUT2D eigenvalue weighted by Crippen LogP contribution is -2.38. The first kappa shape index (κ1) is 23.4. The quantitative estimate of drug-likeness (QED) is 0.295. The summed E-state index contributed by atoms with van der Waals surface area (Å²) in [7, 11) is 0. The number of halogens is 1. The predicted molar refractivity (Wildman–Crippen MR) is 147 cm³/mol. The minimum absolute atomic E-state index is 0.0233. The molecule has 1 amide bonds. The van der Waals surface area contributed by atoms with Crippen molar-refractivity contribution >= 4 is 51.7 Å². The molecule has 2 aliphatic rings. The molecule has 1 unspecified atom stereocenters. The molecule has 1 aromatic heterocycles. The normalized spacial score (nSPS) is 17.2. The van der Waals surface area contributed by atoms with E-state index in [1.54, 1.807) is 4.90 Å². The van der Waals surface area contributed by atoms with Gasteiger partial charge in [0.05, 0.1) is 16.8 Å². The Kier molecular flexibility index (Phi) is 6.01. The van der Waals surface area contributed by atoms with Crippen LogP contribution in [0, 0.1) is 0 Å². The van der Waals surface area contributed by atoms with Crippen LogP contribution in [0.2, 0.25) is 5.02 Å². The van der Waals surface area contributed by atoms with Gasteiger partial charge in [0.1, 0.15) is 0 Å². The zero-order valence-electron chi connectivity index (χ0n) is 20.4. The standard InChI is InChI=1S/C31H25ClN2O3/c1-19-16-21-6-2-5-9-27(21)34(19)28(35)18-37-31(36)29-24-7-3-4-8-26(24)33-30-22(12-15-25(29)30)17-20-10-13-23(32)14-11-20/h2-11,13-14,17,19H,12,15-16,18H2,1H3/b22-17+. The van der Waals surface area contributed by atoms with E-state index >= 15 is 0 Å². The third kappa shape index (κ3) is 4.30. The van der Waals surface area contributed by atoms with E-state index in [-0.39, 0.29) is 18.6 Å². The van der Waals surface area contributed by atoms with Crippen LogP contribution >= 0.6 is 11.6 Å².